The van der Waals surface area contributed by atoms with Crippen LogP contribution in [0.15, 0.2) is 83.8 Å². The van der Waals surface area contributed by atoms with E-state index in [-0.39, 0.29) is 16.1 Å². The van der Waals surface area contributed by atoms with E-state index in [4.69, 9.17) is 4.74 Å². The van der Waals surface area contributed by atoms with E-state index in [0.717, 1.165) is 0 Å². The van der Waals surface area contributed by atoms with Crippen LogP contribution in [0.25, 0.3) is 0 Å². The lowest BCUT2D eigenvalue weighted by molar-refractivity contribution is -0.146. The van der Waals surface area contributed by atoms with Gasteiger partial charge in [-0.15, -0.1) is 0 Å². The number of nitrogens with one attached hydrogen (secondary N) is 2. The lowest BCUT2D eigenvalue weighted by Gasteiger charge is -2.23. The average Bonchev–Trinajstić information content (AvgIpc) is 2.80. The minimum absolute atomic E-state index is 0.0409. The van der Waals surface area contributed by atoms with Gasteiger partial charge in [0.1, 0.15) is 11.3 Å². The van der Waals surface area contributed by atoms with E-state index in [1.807, 2.05) is 18.2 Å². The second-order valence-electron chi connectivity index (χ2n) is 7.61. The van der Waals surface area contributed by atoms with Gasteiger partial charge in [-0.3, -0.25) is 9.52 Å². The number of amides is 1. The number of para-hydroxylation sites is 3. The standard InChI is InChI=1S/C24H24N2O6S/c1-24(2,23(28)31-3)25-22(27)17-13-15-19(16-14-17)33(29,30)26-20-11-7-8-12-21(20)32-18-9-5-4-6-10-18/h4-16,26H,1-3H3,(H,25,27). The molecule has 0 heterocycles. The van der Waals surface area contributed by atoms with Gasteiger partial charge in [-0.2, -0.15) is 0 Å². The van der Waals surface area contributed by atoms with Gasteiger partial charge in [-0.25, -0.2) is 13.2 Å². The van der Waals surface area contributed by atoms with Crippen molar-refractivity contribution in [1.29, 1.82) is 0 Å². The molecular formula is C24H24N2O6S. The number of carbonyl (C=O) groups excluding carboxylic acids is 2. The van der Waals surface area contributed by atoms with Crippen LogP contribution in [0.1, 0.15) is 24.2 Å². The Morgan fingerprint density at radius 1 is 0.848 bits per heavy atom. The molecule has 0 aliphatic carbocycles. The van der Waals surface area contributed by atoms with Gasteiger partial charge < -0.3 is 14.8 Å². The number of anilines is 1. The molecule has 8 nitrogen and oxygen atoms in total. The van der Waals surface area contributed by atoms with Crippen LogP contribution >= 0.6 is 0 Å². The van der Waals surface area contributed by atoms with Crippen molar-refractivity contribution in [2.75, 3.05) is 11.8 Å². The van der Waals surface area contributed by atoms with Crippen molar-refractivity contribution >= 4 is 27.6 Å². The summed E-state index contributed by atoms with van der Waals surface area (Å²) in [6.45, 7) is 3.02. The van der Waals surface area contributed by atoms with Crippen molar-refractivity contribution in [3.63, 3.8) is 0 Å². The number of sulfonamides is 1. The third kappa shape index (κ3) is 5.89. The van der Waals surface area contributed by atoms with E-state index < -0.39 is 27.4 Å². The Morgan fingerprint density at radius 2 is 1.45 bits per heavy atom. The lowest BCUT2D eigenvalue weighted by Crippen LogP contribution is -2.50. The third-order valence-corrected chi connectivity index (χ3v) is 6.03. The number of methoxy groups -OCH3 is 1. The minimum Gasteiger partial charge on any atom is -0.467 e. The molecule has 3 aromatic carbocycles. The zero-order chi connectivity index (χ0) is 24.1. The van der Waals surface area contributed by atoms with E-state index in [0.29, 0.717) is 11.5 Å². The van der Waals surface area contributed by atoms with E-state index in [1.54, 1.807) is 36.4 Å². The quantitative estimate of drug-likeness (QED) is 0.484. The van der Waals surface area contributed by atoms with Crippen molar-refractivity contribution in [2.45, 2.75) is 24.3 Å². The molecule has 0 spiro atoms. The topological polar surface area (TPSA) is 111 Å². The van der Waals surface area contributed by atoms with Gasteiger partial charge in [-0.1, -0.05) is 30.3 Å². The number of ether oxygens (including phenoxy) is 2. The Hall–Kier alpha value is -3.85. The molecule has 0 atom stereocenters. The molecule has 3 rings (SSSR count). The Balaban J connectivity index is 1.77. The van der Waals surface area contributed by atoms with Crippen LogP contribution in [0.3, 0.4) is 0 Å². The summed E-state index contributed by atoms with van der Waals surface area (Å²) in [6.07, 6.45) is 0. The highest BCUT2D eigenvalue weighted by molar-refractivity contribution is 7.92. The molecule has 0 aliphatic rings. The highest BCUT2D eigenvalue weighted by Crippen LogP contribution is 2.30. The Bertz CT molecular complexity index is 1240. The first-order valence-corrected chi connectivity index (χ1v) is 11.5. The smallest absolute Gasteiger partial charge is 0.330 e. The summed E-state index contributed by atoms with van der Waals surface area (Å²) in [7, 11) is -2.73. The van der Waals surface area contributed by atoms with Crippen LogP contribution in [0.2, 0.25) is 0 Å². The molecule has 33 heavy (non-hydrogen) atoms. The molecule has 2 N–H and O–H groups in total. The van der Waals surface area contributed by atoms with Crippen molar-refractivity contribution in [3.05, 3.63) is 84.4 Å². The fourth-order valence-electron chi connectivity index (χ4n) is 2.91. The molecule has 172 valence electrons. The Morgan fingerprint density at radius 3 is 2.09 bits per heavy atom. The maximum Gasteiger partial charge on any atom is 0.330 e. The fraction of sp³-hybridized carbons (Fsp3) is 0.167. The Kier molecular flexibility index (Phi) is 7.03. The zero-order valence-corrected chi connectivity index (χ0v) is 19.2. The predicted octanol–water partition coefficient (Wildman–Crippen LogP) is 3.96. The van der Waals surface area contributed by atoms with Gasteiger partial charge in [0, 0.05) is 5.56 Å². The molecule has 0 saturated carbocycles. The van der Waals surface area contributed by atoms with Gasteiger partial charge in [0.25, 0.3) is 15.9 Å². The molecule has 0 unspecified atom stereocenters. The highest BCUT2D eigenvalue weighted by Gasteiger charge is 2.31. The maximum atomic E-state index is 12.9. The second-order valence-corrected chi connectivity index (χ2v) is 9.29. The molecule has 3 aromatic rings. The number of hydrogen-bond donors (Lipinski definition) is 2. The van der Waals surface area contributed by atoms with E-state index in [1.165, 1.54) is 45.2 Å². The van der Waals surface area contributed by atoms with E-state index >= 15 is 0 Å². The van der Waals surface area contributed by atoms with Gasteiger partial charge in [0.05, 0.1) is 17.7 Å². The lowest BCUT2D eigenvalue weighted by atomic mass is 10.1. The fourth-order valence-corrected chi connectivity index (χ4v) is 3.98. The molecule has 0 radical (unpaired) electrons. The summed E-state index contributed by atoms with van der Waals surface area (Å²) in [6, 6.07) is 21.0. The Labute approximate surface area is 192 Å². The van der Waals surface area contributed by atoms with Gasteiger partial charge in [0.15, 0.2) is 5.75 Å². The van der Waals surface area contributed by atoms with Crippen molar-refractivity contribution < 1.29 is 27.5 Å². The summed E-state index contributed by atoms with van der Waals surface area (Å²) in [5.74, 6) is -0.234. The number of benzene rings is 3. The number of esters is 1. The molecule has 0 aliphatic heterocycles. The number of hydrogen-bond acceptors (Lipinski definition) is 6. The van der Waals surface area contributed by atoms with Crippen LogP contribution in [0, 0.1) is 0 Å². The third-order valence-electron chi connectivity index (χ3n) is 4.65. The van der Waals surface area contributed by atoms with Crippen LogP contribution in [0.5, 0.6) is 11.5 Å². The summed E-state index contributed by atoms with van der Waals surface area (Å²) in [5.41, 5.74) is -0.776. The van der Waals surface area contributed by atoms with Gasteiger partial charge in [-0.05, 0) is 62.4 Å². The largest absolute Gasteiger partial charge is 0.467 e. The minimum atomic E-state index is -3.96. The SMILES string of the molecule is COC(=O)C(C)(C)NC(=O)c1ccc(S(=O)(=O)Nc2ccccc2Oc2ccccc2)cc1. The monoisotopic (exact) mass is 468 g/mol. The zero-order valence-electron chi connectivity index (χ0n) is 18.4. The average molecular weight is 469 g/mol. The summed E-state index contributed by atoms with van der Waals surface area (Å²) < 4.78 is 38.8. The molecule has 0 fully saturated rings. The number of rotatable bonds is 8. The normalized spacial score (nSPS) is 11.4. The summed E-state index contributed by atoms with van der Waals surface area (Å²) >= 11 is 0. The van der Waals surface area contributed by atoms with E-state index in [9.17, 15) is 18.0 Å². The molecule has 1 amide bonds. The van der Waals surface area contributed by atoms with Crippen LogP contribution in [0.4, 0.5) is 5.69 Å². The first-order valence-electron chi connectivity index (χ1n) is 9.98. The van der Waals surface area contributed by atoms with Crippen LogP contribution in [-0.4, -0.2) is 32.9 Å². The van der Waals surface area contributed by atoms with Gasteiger partial charge >= 0.3 is 5.97 Å². The molecule has 0 aromatic heterocycles. The first kappa shape index (κ1) is 23.8. The van der Waals surface area contributed by atoms with Crippen molar-refractivity contribution in [2.24, 2.45) is 0 Å². The maximum absolute atomic E-state index is 12.9. The van der Waals surface area contributed by atoms with Crippen molar-refractivity contribution in [3.8, 4) is 11.5 Å². The molecular weight excluding hydrogens is 444 g/mol. The number of carbonyl (C=O) groups is 2. The highest BCUT2D eigenvalue weighted by atomic mass is 32.2. The van der Waals surface area contributed by atoms with Crippen LogP contribution in [-0.2, 0) is 19.6 Å². The van der Waals surface area contributed by atoms with Gasteiger partial charge in [0.2, 0.25) is 0 Å². The van der Waals surface area contributed by atoms with E-state index in [2.05, 4.69) is 14.8 Å². The summed E-state index contributed by atoms with van der Waals surface area (Å²) in [4.78, 5) is 24.2. The molecule has 0 saturated heterocycles. The molecule has 0 bridgehead atoms. The summed E-state index contributed by atoms with van der Waals surface area (Å²) in [5, 5.41) is 2.56. The predicted molar refractivity (Wildman–Crippen MR) is 124 cm³/mol. The first-order chi connectivity index (χ1) is 15.6. The van der Waals surface area contributed by atoms with Crippen LogP contribution < -0.4 is 14.8 Å². The second kappa shape index (κ2) is 9.74. The molecule has 9 heteroatoms. The van der Waals surface area contributed by atoms with Crippen molar-refractivity contribution in [1.82, 2.24) is 5.32 Å².